The Kier molecular flexibility index (Phi) is 5.58. The Labute approximate surface area is 150 Å². The number of aromatic nitrogens is 2. The average Bonchev–Trinajstić information content (AvgIpc) is 3.14. The molecule has 0 spiro atoms. The van der Waals surface area contributed by atoms with Crippen LogP contribution in [0.3, 0.4) is 0 Å². The number of aryl methyl sites for hydroxylation is 1. The van der Waals surface area contributed by atoms with Gasteiger partial charge in [0.25, 0.3) is 5.89 Å². The number of carbonyl (C=O) groups excluding carboxylic acids is 1. The molecule has 3 aromatic rings. The first-order valence-corrected chi connectivity index (χ1v) is 8.12. The molecule has 0 aliphatic heterocycles. The van der Waals surface area contributed by atoms with E-state index in [9.17, 15) is 9.18 Å². The summed E-state index contributed by atoms with van der Waals surface area (Å²) < 4.78 is 24.2. The van der Waals surface area contributed by atoms with E-state index in [1.807, 2.05) is 24.3 Å². The van der Waals surface area contributed by atoms with Crippen LogP contribution in [0.25, 0.3) is 11.5 Å². The van der Waals surface area contributed by atoms with Gasteiger partial charge in [-0.1, -0.05) is 24.3 Å². The summed E-state index contributed by atoms with van der Waals surface area (Å²) in [6.07, 6.45) is 0.945. The van der Waals surface area contributed by atoms with Crippen LogP contribution < -0.4 is 10.1 Å². The molecule has 7 heteroatoms. The van der Waals surface area contributed by atoms with E-state index in [0.29, 0.717) is 12.8 Å². The number of methoxy groups -OCH3 is 1. The summed E-state index contributed by atoms with van der Waals surface area (Å²) >= 11 is 0. The highest BCUT2D eigenvalue weighted by Gasteiger charge is 2.13. The zero-order valence-electron chi connectivity index (χ0n) is 14.2. The summed E-state index contributed by atoms with van der Waals surface area (Å²) in [5.41, 5.74) is 1.28. The molecule has 26 heavy (non-hydrogen) atoms. The molecule has 0 aliphatic rings. The van der Waals surface area contributed by atoms with Crippen molar-refractivity contribution in [3.8, 4) is 17.2 Å². The molecule has 0 radical (unpaired) electrons. The molecule has 0 fully saturated rings. The SMILES string of the molecule is COc1ccc(CCC(=O)NCc2nnc(-c3ccccc3F)o2)cc1. The summed E-state index contributed by atoms with van der Waals surface area (Å²) in [7, 11) is 1.61. The first-order valence-electron chi connectivity index (χ1n) is 8.12. The number of hydrogen-bond donors (Lipinski definition) is 1. The lowest BCUT2D eigenvalue weighted by atomic mass is 10.1. The van der Waals surface area contributed by atoms with E-state index in [-0.39, 0.29) is 29.8 Å². The van der Waals surface area contributed by atoms with Gasteiger partial charge in [0.1, 0.15) is 11.6 Å². The number of benzene rings is 2. The molecule has 3 rings (SSSR count). The van der Waals surface area contributed by atoms with Crippen LogP contribution in [-0.2, 0) is 17.8 Å². The Morgan fingerprint density at radius 2 is 1.92 bits per heavy atom. The normalized spacial score (nSPS) is 10.5. The Hall–Kier alpha value is -3.22. The van der Waals surface area contributed by atoms with E-state index >= 15 is 0 Å². The molecule has 0 aliphatic carbocycles. The molecule has 6 nitrogen and oxygen atoms in total. The highest BCUT2D eigenvalue weighted by atomic mass is 19.1. The molecule has 0 unspecified atom stereocenters. The lowest BCUT2D eigenvalue weighted by molar-refractivity contribution is -0.121. The van der Waals surface area contributed by atoms with Crippen LogP contribution >= 0.6 is 0 Å². The number of rotatable bonds is 7. The van der Waals surface area contributed by atoms with Crippen LogP contribution in [-0.4, -0.2) is 23.2 Å². The van der Waals surface area contributed by atoms with Crippen molar-refractivity contribution in [1.82, 2.24) is 15.5 Å². The third kappa shape index (κ3) is 4.44. The van der Waals surface area contributed by atoms with Gasteiger partial charge in [-0.05, 0) is 36.2 Å². The van der Waals surface area contributed by atoms with Gasteiger partial charge in [-0.2, -0.15) is 0 Å². The van der Waals surface area contributed by atoms with Crippen LogP contribution in [0.5, 0.6) is 5.75 Å². The summed E-state index contributed by atoms with van der Waals surface area (Å²) in [5.74, 6) is 0.518. The molecule has 2 aromatic carbocycles. The number of halogens is 1. The second-order valence-corrected chi connectivity index (χ2v) is 5.61. The lowest BCUT2D eigenvalue weighted by Gasteiger charge is -2.04. The lowest BCUT2D eigenvalue weighted by Crippen LogP contribution is -2.23. The minimum absolute atomic E-state index is 0.0885. The van der Waals surface area contributed by atoms with E-state index < -0.39 is 5.82 Å². The Bertz CT molecular complexity index is 878. The largest absolute Gasteiger partial charge is 0.497 e. The first kappa shape index (κ1) is 17.6. The molecular weight excluding hydrogens is 337 g/mol. The predicted molar refractivity (Wildman–Crippen MR) is 92.9 cm³/mol. The molecule has 0 saturated carbocycles. The first-order chi connectivity index (χ1) is 12.7. The second kappa shape index (κ2) is 8.24. The number of nitrogens with zero attached hydrogens (tertiary/aromatic N) is 2. The van der Waals surface area contributed by atoms with Gasteiger partial charge in [0.05, 0.1) is 19.2 Å². The number of amides is 1. The maximum atomic E-state index is 13.7. The van der Waals surface area contributed by atoms with E-state index in [4.69, 9.17) is 9.15 Å². The zero-order chi connectivity index (χ0) is 18.4. The van der Waals surface area contributed by atoms with Gasteiger partial charge in [0, 0.05) is 6.42 Å². The van der Waals surface area contributed by atoms with Crippen LogP contribution in [0.15, 0.2) is 52.9 Å². The summed E-state index contributed by atoms with van der Waals surface area (Å²) in [4.78, 5) is 12.0. The van der Waals surface area contributed by atoms with Gasteiger partial charge in [-0.25, -0.2) is 4.39 Å². The van der Waals surface area contributed by atoms with E-state index in [2.05, 4.69) is 15.5 Å². The zero-order valence-corrected chi connectivity index (χ0v) is 14.2. The molecule has 1 N–H and O–H groups in total. The van der Waals surface area contributed by atoms with E-state index in [1.165, 1.54) is 6.07 Å². The molecular formula is C19H18FN3O3. The molecule has 1 heterocycles. The number of carbonyl (C=O) groups is 1. The molecule has 1 amide bonds. The third-order valence-electron chi connectivity index (χ3n) is 3.81. The molecule has 134 valence electrons. The van der Waals surface area contributed by atoms with Crippen molar-refractivity contribution in [3.63, 3.8) is 0 Å². The predicted octanol–water partition coefficient (Wildman–Crippen LogP) is 3.13. The Balaban J connectivity index is 1.49. The maximum Gasteiger partial charge on any atom is 0.250 e. The van der Waals surface area contributed by atoms with Gasteiger partial charge >= 0.3 is 0 Å². The molecule has 0 saturated heterocycles. The maximum absolute atomic E-state index is 13.7. The average molecular weight is 355 g/mol. The highest BCUT2D eigenvalue weighted by Crippen LogP contribution is 2.20. The van der Waals surface area contributed by atoms with Crippen molar-refractivity contribution < 1.29 is 18.3 Å². The highest BCUT2D eigenvalue weighted by molar-refractivity contribution is 5.76. The quantitative estimate of drug-likeness (QED) is 0.704. The number of hydrogen-bond acceptors (Lipinski definition) is 5. The van der Waals surface area contributed by atoms with Crippen molar-refractivity contribution in [2.75, 3.05) is 7.11 Å². The van der Waals surface area contributed by atoms with Gasteiger partial charge in [0.15, 0.2) is 0 Å². The Morgan fingerprint density at radius 3 is 2.65 bits per heavy atom. The van der Waals surface area contributed by atoms with Crippen molar-refractivity contribution >= 4 is 5.91 Å². The molecule has 0 atom stereocenters. The standard InChI is InChI=1S/C19H18FN3O3/c1-25-14-9-6-13(7-10-14)8-11-17(24)21-12-18-22-23-19(26-18)15-4-2-3-5-16(15)20/h2-7,9-10H,8,11-12H2,1H3,(H,21,24). The summed E-state index contributed by atoms with van der Waals surface area (Å²) in [6, 6.07) is 13.7. The Morgan fingerprint density at radius 1 is 1.15 bits per heavy atom. The van der Waals surface area contributed by atoms with E-state index in [0.717, 1.165) is 11.3 Å². The monoisotopic (exact) mass is 355 g/mol. The number of ether oxygens (including phenoxy) is 1. The van der Waals surface area contributed by atoms with Crippen molar-refractivity contribution in [2.24, 2.45) is 0 Å². The number of nitrogens with one attached hydrogen (secondary N) is 1. The van der Waals surface area contributed by atoms with Crippen LogP contribution in [0, 0.1) is 5.82 Å². The molecule has 0 bridgehead atoms. The third-order valence-corrected chi connectivity index (χ3v) is 3.81. The minimum Gasteiger partial charge on any atom is -0.497 e. The van der Waals surface area contributed by atoms with E-state index in [1.54, 1.807) is 25.3 Å². The summed E-state index contributed by atoms with van der Waals surface area (Å²) in [5, 5.41) is 10.4. The van der Waals surface area contributed by atoms with Gasteiger partial charge in [-0.15, -0.1) is 10.2 Å². The fourth-order valence-electron chi connectivity index (χ4n) is 2.38. The van der Waals surface area contributed by atoms with Gasteiger partial charge in [0.2, 0.25) is 11.8 Å². The second-order valence-electron chi connectivity index (χ2n) is 5.61. The van der Waals surface area contributed by atoms with Gasteiger partial charge < -0.3 is 14.5 Å². The smallest absolute Gasteiger partial charge is 0.250 e. The van der Waals surface area contributed by atoms with Crippen LogP contribution in [0.4, 0.5) is 4.39 Å². The molecule has 1 aromatic heterocycles. The minimum atomic E-state index is -0.439. The van der Waals surface area contributed by atoms with Crippen LogP contribution in [0.1, 0.15) is 17.9 Å². The topological polar surface area (TPSA) is 77.2 Å². The van der Waals surface area contributed by atoms with Crippen molar-refractivity contribution in [3.05, 3.63) is 65.8 Å². The van der Waals surface area contributed by atoms with Crippen molar-refractivity contribution in [2.45, 2.75) is 19.4 Å². The van der Waals surface area contributed by atoms with Crippen LogP contribution in [0.2, 0.25) is 0 Å². The van der Waals surface area contributed by atoms with Gasteiger partial charge in [-0.3, -0.25) is 4.79 Å². The fraction of sp³-hybridized carbons (Fsp3) is 0.211. The summed E-state index contributed by atoms with van der Waals surface area (Å²) in [6.45, 7) is 0.100. The van der Waals surface area contributed by atoms with Crippen molar-refractivity contribution in [1.29, 1.82) is 0 Å². The fourth-order valence-corrected chi connectivity index (χ4v) is 2.38.